The molecule has 0 atom stereocenters. The van der Waals surface area contributed by atoms with E-state index in [1.807, 2.05) is 36.1 Å². The second kappa shape index (κ2) is 7.62. The Morgan fingerprint density at radius 3 is 2.87 bits per heavy atom. The highest BCUT2D eigenvalue weighted by molar-refractivity contribution is 7.22. The molecule has 4 aromatic rings. The molecule has 0 amide bonds. The minimum Gasteiger partial charge on any atom is -0.476 e. The van der Waals surface area contributed by atoms with Gasteiger partial charge in [-0.3, -0.25) is 0 Å². The van der Waals surface area contributed by atoms with Crippen LogP contribution >= 0.6 is 22.7 Å². The van der Waals surface area contributed by atoms with Gasteiger partial charge in [0, 0.05) is 23.1 Å². The normalized spacial score (nSPS) is 13.8. The molecule has 30 heavy (non-hydrogen) atoms. The Morgan fingerprint density at radius 2 is 2.07 bits per heavy atom. The van der Waals surface area contributed by atoms with Crippen LogP contribution in [0.4, 0.5) is 21.9 Å². The number of para-hydroxylation sites is 1. The number of carboxylic acid groups (broad SMARTS) is 1. The van der Waals surface area contributed by atoms with E-state index in [1.54, 1.807) is 16.7 Å². The van der Waals surface area contributed by atoms with Crippen molar-refractivity contribution < 1.29 is 9.90 Å². The van der Waals surface area contributed by atoms with E-state index in [0.717, 1.165) is 58.1 Å². The molecule has 10 heteroatoms. The van der Waals surface area contributed by atoms with Gasteiger partial charge in [0.05, 0.1) is 10.2 Å². The number of nitrogens with zero attached hydrogens (tertiary/aromatic N) is 5. The van der Waals surface area contributed by atoms with E-state index in [4.69, 9.17) is 0 Å². The molecule has 5 rings (SSSR count). The Balaban J connectivity index is 1.50. The summed E-state index contributed by atoms with van der Waals surface area (Å²) in [5, 5.41) is 24.5. The molecular formula is C20H18N6O2S2. The Labute approximate surface area is 180 Å². The molecule has 0 saturated carbocycles. The lowest BCUT2D eigenvalue weighted by atomic mass is 10.1. The Hall–Kier alpha value is -3.11. The van der Waals surface area contributed by atoms with Gasteiger partial charge in [-0.05, 0) is 38.3 Å². The van der Waals surface area contributed by atoms with Crippen molar-refractivity contribution >= 4 is 60.8 Å². The van der Waals surface area contributed by atoms with Gasteiger partial charge in [-0.25, -0.2) is 14.8 Å². The maximum Gasteiger partial charge on any atom is 0.355 e. The third kappa shape index (κ3) is 3.37. The molecule has 4 heterocycles. The SMILES string of the molecule is Cc1c(Nc2nc3ccccc3s2)nnc2c1CCCCN2c1nc(C(=O)O)cs1. The Kier molecular flexibility index (Phi) is 4.80. The first kappa shape index (κ1) is 18.9. The van der Waals surface area contributed by atoms with Crippen LogP contribution in [0.5, 0.6) is 0 Å². The first-order valence-corrected chi connectivity index (χ1v) is 11.2. The van der Waals surface area contributed by atoms with Crippen LogP contribution in [0.2, 0.25) is 0 Å². The van der Waals surface area contributed by atoms with Gasteiger partial charge in [0.2, 0.25) is 0 Å². The van der Waals surface area contributed by atoms with Crippen LogP contribution in [0.1, 0.15) is 34.5 Å². The van der Waals surface area contributed by atoms with Crippen molar-refractivity contribution in [3.05, 3.63) is 46.5 Å². The van der Waals surface area contributed by atoms with Crippen molar-refractivity contribution in [3.63, 3.8) is 0 Å². The highest BCUT2D eigenvalue weighted by Gasteiger charge is 2.25. The van der Waals surface area contributed by atoms with Gasteiger partial charge < -0.3 is 15.3 Å². The van der Waals surface area contributed by atoms with Gasteiger partial charge in [-0.15, -0.1) is 21.5 Å². The van der Waals surface area contributed by atoms with Crippen molar-refractivity contribution in [2.24, 2.45) is 0 Å². The summed E-state index contributed by atoms with van der Waals surface area (Å²) in [5.41, 5.74) is 3.15. The fourth-order valence-corrected chi connectivity index (χ4v) is 5.25. The van der Waals surface area contributed by atoms with Gasteiger partial charge in [0.15, 0.2) is 27.6 Å². The number of rotatable bonds is 4. The van der Waals surface area contributed by atoms with E-state index < -0.39 is 5.97 Å². The predicted octanol–water partition coefficient (Wildman–Crippen LogP) is 4.77. The maximum atomic E-state index is 11.2. The Bertz CT molecular complexity index is 1220. The zero-order valence-corrected chi connectivity index (χ0v) is 17.8. The zero-order chi connectivity index (χ0) is 20.7. The van der Waals surface area contributed by atoms with E-state index >= 15 is 0 Å². The molecule has 0 aliphatic carbocycles. The van der Waals surface area contributed by atoms with Crippen molar-refractivity contribution in [2.75, 3.05) is 16.8 Å². The summed E-state index contributed by atoms with van der Waals surface area (Å²) in [6.07, 6.45) is 2.88. The number of aromatic carboxylic acids is 1. The number of thiazole rings is 2. The quantitative estimate of drug-likeness (QED) is 0.470. The van der Waals surface area contributed by atoms with Crippen LogP contribution in [0.25, 0.3) is 10.2 Å². The monoisotopic (exact) mass is 438 g/mol. The molecule has 2 N–H and O–H groups in total. The zero-order valence-electron chi connectivity index (χ0n) is 16.1. The number of carbonyl (C=O) groups is 1. The molecule has 3 aromatic heterocycles. The van der Waals surface area contributed by atoms with Gasteiger partial charge in [0.25, 0.3) is 0 Å². The number of nitrogens with one attached hydrogen (secondary N) is 1. The fraction of sp³-hybridized carbons (Fsp3) is 0.250. The number of carboxylic acids is 1. The lowest BCUT2D eigenvalue weighted by Gasteiger charge is -2.21. The van der Waals surface area contributed by atoms with E-state index in [0.29, 0.717) is 10.9 Å². The highest BCUT2D eigenvalue weighted by Crippen LogP contribution is 2.36. The molecule has 8 nitrogen and oxygen atoms in total. The second-order valence-corrected chi connectivity index (χ2v) is 8.88. The van der Waals surface area contributed by atoms with Crippen LogP contribution in [0.3, 0.4) is 0 Å². The summed E-state index contributed by atoms with van der Waals surface area (Å²) in [6, 6.07) is 8.01. The second-order valence-electron chi connectivity index (χ2n) is 7.02. The maximum absolute atomic E-state index is 11.2. The van der Waals surface area contributed by atoms with Crippen LogP contribution in [-0.2, 0) is 6.42 Å². The standard InChI is InChI=1S/C20H18N6O2S2/c1-11-12-6-4-5-9-26(20-22-14(10-29-20)18(27)28)17(12)25-24-16(11)23-19-21-13-7-2-3-8-15(13)30-19/h2-3,7-8,10H,4-6,9H2,1H3,(H,27,28)(H,21,23,24). The molecule has 0 unspecified atom stereocenters. The first-order valence-electron chi connectivity index (χ1n) is 9.55. The summed E-state index contributed by atoms with van der Waals surface area (Å²) in [5.74, 6) is 0.427. The third-order valence-corrected chi connectivity index (χ3v) is 6.91. The van der Waals surface area contributed by atoms with Crippen molar-refractivity contribution in [2.45, 2.75) is 26.2 Å². The molecule has 1 aliphatic rings. The van der Waals surface area contributed by atoms with Crippen LogP contribution in [-0.4, -0.2) is 37.8 Å². The minimum absolute atomic E-state index is 0.0552. The number of fused-ring (bicyclic) bond motifs is 2. The first-order chi connectivity index (χ1) is 14.6. The molecule has 1 aliphatic heterocycles. The largest absolute Gasteiger partial charge is 0.476 e. The average molecular weight is 439 g/mol. The molecular weight excluding hydrogens is 420 g/mol. The molecule has 152 valence electrons. The summed E-state index contributed by atoms with van der Waals surface area (Å²) in [4.78, 5) is 22.1. The number of hydrogen-bond donors (Lipinski definition) is 2. The van der Waals surface area contributed by atoms with Crippen LogP contribution in [0.15, 0.2) is 29.6 Å². The molecule has 1 aromatic carbocycles. The van der Waals surface area contributed by atoms with Crippen LogP contribution in [0, 0.1) is 6.92 Å². The van der Waals surface area contributed by atoms with Crippen LogP contribution < -0.4 is 10.2 Å². The van der Waals surface area contributed by atoms with E-state index in [9.17, 15) is 9.90 Å². The third-order valence-electron chi connectivity index (χ3n) is 5.10. The van der Waals surface area contributed by atoms with Gasteiger partial charge in [-0.1, -0.05) is 23.5 Å². The molecule has 0 radical (unpaired) electrons. The van der Waals surface area contributed by atoms with E-state index in [-0.39, 0.29) is 5.69 Å². The molecule has 0 saturated heterocycles. The predicted molar refractivity (Wildman–Crippen MR) is 119 cm³/mol. The highest BCUT2D eigenvalue weighted by atomic mass is 32.1. The van der Waals surface area contributed by atoms with E-state index in [2.05, 4.69) is 25.5 Å². The number of anilines is 4. The smallest absolute Gasteiger partial charge is 0.355 e. The summed E-state index contributed by atoms with van der Waals surface area (Å²) in [7, 11) is 0. The topological polar surface area (TPSA) is 104 Å². The van der Waals surface area contributed by atoms with Crippen molar-refractivity contribution in [3.8, 4) is 0 Å². The lowest BCUT2D eigenvalue weighted by molar-refractivity contribution is 0.0691. The molecule has 0 fully saturated rings. The number of hydrogen-bond acceptors (Lipinski definition) is 9. The van der Waals surface area contributed by atoms with Gasteiger partial charge in [-0.2, -0.15) is 0 Å². The molecule has 0 bridgehead atoms. The van der Waals surface area contributed by atoms with Gasteiger partial charge >= 0.3 is 5.97 Å². The molecule has 0 spiro atoms. The lowest BCUT2D eigenvalue weighted by Crippen LogP contribution is -2.20. The van der Waals surface area contributed by atoms with Crippen molar-refractivity contribution in [1.82, 2.24) is 20.2 Å². The average Bonchev–Trinajstić information content (AvgIpc) is 3.32. The van der Waals surface area contributed by atoms with Gasteiger partial charge in [0.1, 0.15) is 0 Å². The Morgan fingerprint density at radius 1 is 1.20 bits per heavy atom. The number of aromatic nitrogens is 4. The summed E-state index contributed by atoms with van der Waals surface area (Å²) >= 11 is 2.90. The number of benzene rings is 1. The van der Waals surface area contributed by atoms with E-state index in [1.165, 1.54) is 11.3 Å². The minimum atomic E-state index is -1.02. The fourth-order valence-electron chi connectivity index (χ4n) is 3.56. The summed E-state index contributed by atoms with van der Waals surface area (Å²) in [6.45, 7) is 2.77. The van der Waals surface area contributed by atoms with Crippen molar-refractivity contribution in [1.29, 1.82) is 0 Å². The summed E-state index contributed by atoms with van der Waals surface area (Å²) < 4.78 is 1.12.